The molecule has 0 amide bonds. The molecule has 0 saturated heterocycles. The summed E-state index contributed by atoms with van der Waals surface area (Å²) in [4.78, 5) is 4.49. The molecular formula is C18H24N2Si+. The van der Waals surface area contributed by atoms with Gasteiger partial charge in [0.25, 0.3) is 0 Å². The highest BCUT2D eigenvalue weighted by atomic mass is 28.2. The third-order valence-electron chi connectivity index (χ3n) is 3.25. The zero-order valence-electron chi connectivity index (χ0n) is 13.4. The van der Waals surface area contributed by atoms with Gasteiger partial charge >= 0.3 is 9.52 Å². The average Bonchev–Trinajstić information content (AvgIpc) is 2.42. The van der Waals surface area contributed by atoms with Gasteiger partial charge in [0, 0.05) is 24.2 Å². The van der Waals surface area contributed by atoms with Crippen molar-refractivity contribution in [2.45, 2.75) is 13.1 Å². The van der Waals surface area contributed by atoms with Crippen molar-refractivity contribution >= 4 is 19.9 Å². The van der Waals surface area contributed by atoms with Crippen LogP contribution < -0.4 is 10.4 Å². The molecule has 21 heavy (non-hydrogen) atoms. The Balaban J connectivity index is 2.37. The van der Waals surface area contributed by atoms with Crippen LogP contribution in [-0.4, -0.2) is 47.5 Å². The molecule has 2 aromatic rings. The van der Waals surface area contributed by atoms with Crippen molar-refractivity contribution < 1.29 is 0 Å². The monoisotopic (exact) mass is 296 g/mol. The first kappa shape index (κ1) is 16.0. The first-order valence-electron chi connectivity index (χ1n) is 7.28. The SMILES string of the molecule is CN(C)Cc1cccc(CN(C)C)c1[Si+]c1ccccc1. The van der Waals surface area contributed by atoms with E-state index in [1.54, 1.807) is 0 Å². The minimum Gasteiger partial charge on any atom is -0.305 e. The normalized spacial score (nSPS) is 11.1. The zero-order valence-corrected chi connectivity index (χ0v) is 14.4. The number of rotatable bonds is 6. The van der Waals surface area contributed by atoms with Gasteiger partial charge in [-0.1, -0.05) is 36.4 Å². The topological polar surface area (TPSA) is 6.48 Å². The predicted octanol–water partition coefficient (Wildman–Crippen LogP) is 1.46. The minimum absolute atomic E-state index is 0.720. The van der Waals surface area contributed by atoms with Gasteiger partial charge in [-0.25, -0.2) is 0 Å². The molecule has 0 fully saturated rings. The van der Waals surface area contributed by atoms with Crippen LogP contribution in [0.4, 0.5) is 0 Å². The summed E-state index contributed by atoms with van der Waals surface area (Å²) in [6.45, 7) is 1.99. The quantitative estimate of drug-likeness (QED) is 0.745. The summed E-state index contributed by atoms with van der Waals surface area (Å²) < 4.78 is 0. The molecule has 1 radical (unpaired) electrons. The Morgan fingerprint density at radius 3 is 1.71 bits per heavy atom. The van der Waals surface area contributed by atoms with Gasteiger partial charge in [-0.2, -0.15) is 0 Å². The highest BCUT2D eigenvalue weighted by molar-refractivity contribution is 6.68. The van der Waals surface area contributed by atoms with Gasteiger partial charge in [0.1, 0.15) is 10.4 Å². The van der Waals surface area contributed by atoms with Crippen LogP contribution in [0.2, 0.25) is 0 Å². The lowest BCUT2D eigenvalue weighted by Crippen LogP contribution is -2.35. The highest BCUT2D eigenvalue weighted by Crippen LogP contribution is 2.06. The number of benzene rings is 2. The smallest absolute Gasteiger partial charge is 0.305 e. The first-order valence-corrected chi connectivity index (χ1v) is 8.28. The van der Waals surface area contributed by atoms with E-state index >= 15 is 0 Å². The zero-order chi connectivity index (χ0) is 15.2. The molecule has 0 aromatic heterocycles. The van der Waals surface area contributed by atoms with Crippen LogP contribution in [0.15, 0.2) is 48.5 Å². The molecule has 0 N–H and O–H groups in total. The first-order chi connectivity index (χ1) is 10.1. The Bertz CT molecular complexity index is 536. The molecule has 0 aliphatic heterocycles. The summed E-state index contributed by atoms with van der Waals surface area (Å²) in [5.41, 5.74) is 2.89. The van der Waals surface area contributed by atoms with Gasteiger partial charge in [0.05, 0.1) is 0 Å². The van der Waals surface area contributed by atoms with E-state index < -0.39 is 0 Å². The summed E-state index contributed by atoms with van der Waals surface area (Å²) in [7, 11) is 9.25. The fourth-order valence-corrected chi connectivity index (χ4v) is 3.72. The van der Waals surface area contributed by atoms with Gasteiger partial charge in [0.15, 0.2) is 0 Å². The van der Waals surface area contributed by atoms with Crippen molar-refractivity contribution in [2.75, 3.05) is 28.2 Å². The lowest BCUT2D eigenvalue weighted by atomic mass is 10.1. The lowest BCUT2D eigenvalue weighted by Gasteiger charge is -2.14. The van der Waals surface area contributed by atoms with Gasteiger partial charge in [-0.15, -0.1) is 0 Å². The number of hydrogen-bond donors (Lipinski definition) is 0. The molecule has 0 aliphatic carbocycles. The van der Waals surface area contributed by atoms with E-state index in [0.29, 0.717) is 0 Å². The van der Waals surface area contributed by atoms with Crippen molar-refractivity contribution in [3.05, 3.63) is 59.7 Å². The van der Waals surface area contributed by atoms with Crippen molar-refractivity contribution in [3.8, 4) is 0 Å². The van der Waals surface area contributed by atoms with Crippen LogP contribution in [0.5, 0.6) is 0 Å². The van der Waals surface area contributed by atoms with E-state index in [1.165, 1.54) is 21.5 Å². The Labute approximate surface area is 131 Å². The molecular weight excluding hydrogens is 272 g/mol. The van der Waals surface area contributed by atoms with Gasteiger partial charge < -0.3 is 9.80 Å². The Morgan fingerprint density at radius 2 is 1.24 bits per heavy atom. The Morgan fingerprint density at radius 1 is 0.714 bits per heavy atom. The van der Waals surface area contributed by atoms with E-state index in [4.69, 9.17) is 0 Å². The molecule has 0 heterocycles. The fourth-order valence-electron chi connectivity index (χ4n) is 2.42. The molecule has 2 aromatic carbocycles. The van der Waals surface area contributed by atoms with Crippen LogP contribution in [0.25, 0.3) is 0 Å². The Kier molecular flexibility index (Phi) is 5.73. The lowest BCUT2D eigenvalue weighted by molar-refractivity contribution is 0.398. The van der Waals surface area contributed by atoms with E-state index in [-0.39, 0.29) is 0 Å². The summed E-state index contributed by atoms with van der Waals surface area (Å²) >= 11 is 0. The molecule has 2 nitrogen and oxygen atoms in total. The third kappa shape index (κ3) is 4.81. The maximum atomic E-state index is 2.27. The van der Waals surface area contributed by atoms with E-state index in [0.717, 1.165) is 22.6 Å². The van der Waals surface area contributed by atoms with E-state index in [1.807, 2.05) is 0 Å². The number of nitrogens with zero attached hydrogens (tertiary/aromatic N) is 2. The summed E-state index contributed by atoms with van der Waals surface area (Å²) in [5, 5.41) is 2.91. The summed E-state index contributed by atoms with van der Waals surface area (Å²) in [5.74, 6) is 0. The van der Waals surface area contributed by atoms with Gasteiger partial charge in [-0.05, 0) is 40.3 Å². The largest absolute Gasteiger partial charge is 0.568 e. The molecule has 0 atom stereocenters. The maximum Gasteiger partial charge on any atom is 0.568 e. The van der Waals surface area contributed by atoms with Crippen LogP contribution in [-0.2, 0) is 13.1 Å². The molecule has 0 saturated carbocycles. The van der Waals surface area contributed by atoms with Crippen molar-refractivity contribution in [2.24, 2.45) is 0 Å². The van der Waals surface area contributed by atoms with Crippen LogP contribution in [0.1, 0.15) is 11.1 Å². The second-order valence-electron chi connectivity index (χ2n) is 5.92. The molecule has 0 unspecified atom stereocenters. The average molecular weight is 296 g/mol. The minimum atomic E-state index is 0.720. The molecule has 109 valence electrons. The van der Waals surface area contributed by atoms with Crippen LogP contribution in [0.3, 0.4) is 0 Å². The van der Waals surface area contributed by atoms with Gasteiger partial charge in [0.2, 0.25) is 0 Å². The van der Waals surface area contributed by atoms with Crippen LogP contribution >= 0.6 is 0 Å². The fraction of sp³-hybridized carbons (Fsp3) is 0.333. The second kappa shape index (κ2) is 7.55. The molecule has 0 bridgehead atoms. The molecule has 2 rings (SSSR count). The maximum absolute atomic E-state index is 2.27. The summed E-state index contributed by atoms with van der Waals surface area (Å²) in [6.07, 6.45) is 0. The molecule has 0 aliphatic rings. The second-order valence-corrected chi connectivity index (χ2v) is 7.25. The third-order valence-corrected chi connectivity index (χ3v) is 4.77. The van der Waals surface area contributed by atoms with Crippen molar-refractivity contribution in [1.29, 1.82) is 0 Å². The predicted molar refractivity (Wildman–Crippen MR) is 92.7 cm³/mol. The highest BCUT2D eigenvalue weighted by Gasteiger charge is 2.26. The van der Waals surface area contributed by atoms with E-state index in [9.17, 15) is 0 Å². The Hall–Kier alpha value is -1.42. The molecule has 3 heteroatoms. The van der Waals surface area contributed by atoms with Crippen molar-refractivity contribution in [3.63, 3.8) is 0 Å². The summed E-state index contributed by atoms with van der Waals surface area (Å²) in [6, 6.07) is 17.5. The van der Waals surface area contributed by atoms with Gasteiger partial charge in [-0.3, -0.25) is 0 Å². The molecule has 0 spiro atoms. The van der Waals surface area contributed by atoms with Crippen LogP contribution in [0, 0.1) is 0 Å². The van der Waals surface area contributed by atoms with Crippen molar-refractivity contribution in [1.82, 2.24) is 9.80 Å². The van der Waals surface area contributed by atoms with E-state index in [2.05, 4.69) is 86.5 Å². The number of hydrogen-bond acceptors (Lipinski definition) is 2. The standard InChI is InChI=1S/C18H24N2Si/c1-19(2)13-15-9-8-10-16(14-20(3)4)18(15)21-17-11-6-5-7-12-17/h5-12H,13-14H2,1-4H3/q+1.